The van der Waals surface area contributed by atoms with Gasteiger partial charge in [-0.15, -0.1) is 0 Å². The molecule has 0 bridgehead atoms. The monoisotopic (exact) mass is 627 g/mol. The minimum Gasteiger partial charge on any atom is -0.455 e. The number of para-hydroxylation sites is 2. The maximum absolute atomic E-state index is 6.50. The number of furan rings is 1. The topological polar surface area (TPSA) is 51.8 Å². The number of aromatic nitrogens is 3. The summed E-state index contributed by atoms with van der Waals surface area (Å²) in [5.74, 6) is 0.678. The number of benzene rings is 6. The van der Waals surface area contributed by atoms with E-state index in [0.717, 1.165) is 83.4 Å². The van der Waals surface area contributed by atoms with Crippen LogP contribution in [-0.2, 0) is 0 Å². The lowest BCUT2D eigenvalue weighted by atomic mass is 9.93. The van der Waals surface area contributed by atoms with Crippen LogP contribution in [0.15, 0.2) is 181 Å². The van der Waals surface area contributed by atoms with Crippen LogP contribution in [0.25, 0.3) is 89.2 Å². The van der Waals surface area contributed by atoms with E-state index in [-0.39, 0.29) is 0 Å². The van der Waals surface area contributed by atoms with Gasteiger partial charge in [-0.05, 0) is 70.3 Å². The lowest BCUT2D eigenvalue weighted by Crippen LogP contribution is -1.96. The number of nitrogens with zero attached hydrogens (tertiary/aromatic N) is 3. The van der Waals surface area contributed by atoms with Crippen molar-refractivity contribution >= 4 is 21.9 Å². The number of rotatable bonds is 6. The van der Waals surface area contributed by atoms with Crippen LogP contribution in [0.2, 0.25) is 0 Å². The molecule has 0 radical (unpaired) electrons. The molecule has 0 aliphatic heterocycles. The predicted molar refractivity (Wildman–Crippen MR) is 200 cm³/mol. The van der Waals surface area contributed by atoms with Crippen LogP contribution < -0.4 is 0 Å². The molecule has 0 unspecified atom stereocenters. The zero-order valence-electron chi connectivity index (χ0n) is 26.5. The first-order valence-corrected chi connectivity index (χ1v) is 16.3. The van der Waals surface area contributed by atoms with Gasteiger partial charge in [0.2, 0.25) is 0 Å². The van der Waals surface area contributed by atoms with Crippen LogP contribution >= 0.6 is 0 Å². The van der Waals surface area contributed by atoms with E-state index in [0.29, 0.717) is 5.82 Å². The van der Waals surface area contributed by atoms with Gasteiger partial charge in [0.25, 0.3) is 0 Å². The zero-order chi connectivity index (χ0) is 32.6. The van der Waals surface area contributed by atoms with Gasteiger partial charge < -0.3 is 4.42 Å². The van der Waals surface area contributed by atoms with Gasteiger partial charge in [-0.25, -0.2) is 9.97 Å². The maximum Gasteiger partial charge on any atom is 0.160 e. The second kappa shape index (κ2) is 12.2. The van der Waals surface area contributed by atoms with Crippen molar-refractivity contribution in [1.82, 2.24) is 15.0 Å². The number of fused-ring (bicyclic) bond motifs is 3. The molecule has 230 valence electrons. The molecule has 0 saturated carbocycles. The minimum atomic E-state index is 0.678. The van der Waals surface area contributed by atoms with E-state index in [1.54, 1.807) is 0 Å². The van der Waals surface area contributed by atoms with Crippen molar-refractivity contribution in [1.29, 1.82) is 0 Å². The standard InChI is InChI=1S/C45H29N3O/c1-3-10-30(11-4-1)35-26-36(38-15-9-16-40-39-14-7-8-17-43(39)49-44(38)40)28-37(27-35)42-29-41(47-45(48-42)34-12-5-2-6-13-34)33-20-18-31(19-21-33)32-22-24-46-25-23-32/h1-29H. The second-order valence-corrected chi connectivity index (χ2v) is 12.1. The fraction of sp³-hybridized carbons (Fsp3) is 0. The Kier molecular flexibility index (Phi) is 7.10. The molecule has 6 aromatic carbocycles. The molecule has 0 spiro atoms. The van der Waals surface area contributed by atoms with E-state index in [9.17, 15) is 0 Å². The van der Waals surface area contributed by atoms with Gasteiger partial charge in [0.15, 0.2) is 5.82 Å². The summed E-state index contributed by atoms with van der Waals surface area (Å²) in [7, 11) is 0. The summed E-state index contributed by atoms with van der Waals surface area (Å²) in [6.07, 6.45) is 3.64. The molecule has 49 heavy (non-hydrogen) atoms. The third-order valence-electron chi connectivity index (χ3n) is 9.00. The van der Waals surface area contributed by atoms with Crippen LogP contribution in [0.5, 0.6) is 0 Å². The Bertz CT molecular complexity index is 2580. The molecule has 0 saturated heterocycles. The van der Waals surface area contributed by atoms with E-state index in [1.807, 2.05) is 60.9 Å². The second-order valence-electron chi connectivity index (χ2n) is 12.1. The number of hydrogen-bond donors (Lipinski definition) is 0. The first-order chi connectivity index (χ1) is 24.3. The molecular weight excluding hydrogens is 599 g/mol. The van der Waals surface area contributed by atoms with Crippen LogP contribution in [-0.4, -0.2) is 15.0 Å². The van der Waals surface area contributed by atoms with Crippen molar-refractivity contribution in [3.8, 4) is 67.3 Å². The molecule has 4 heteroatoms. The highest BCUT2D eigenvalue weighted by Crippen LogP contribution is 2.39. The van der Waals surface area contributed by atoms with Crippen LogP contribution in [0, 0.1) is 0 Å². The van der Waals surface area contributed by atoms with Gasteiger partial charge in [-0.2, -0.15) is 0 Å². The highest BCUT2D eigenvalue weighted by atomic mass is 16.3. The van der Waals surface area contributed by atoms with Gasteiger partial charge in [-0.1, -0.05) is 121 Å². The Balaban J connectivity index is 1.24. The molecule has 4 nitrogen and oxygen atoms in total. The van der Waals surface area contributed by atoms with Crippen LogP contribution in [0.3, 0.4) is 0 Å². The van der Waals surface area contributed by atoms with Crippen molar-refractivity contribution < 1.29 is 4.42 Å². The summed E-state index contributed by atoms with van der Waals surface area (Å²) in [6.45, 7) is 0. The Morgan fingerprint density at radius 1 is 0.367 bits per heavy atom. The molecular formula is C45H29N3O. The lowest BCUT2D eigenvalue weighted by Gasteiger charge is -2.13. The zero-order valence-corrected chi connectivity index (χ0v) is 26.5. The normalized spacial score (nSPS) is 11.3. The summed E-state index contributed by atoms with van der Waals surface area (Å²) in [5.41, 5.74) is 13.0. The van der Waals surface area contributed by atoms with Crippen molar-refractivity contribution in [2.45, 2.75) is 0 Å². The van der Waals surface area contributed by atoms with E-state index in [1.165, 1.54) is 0 Å². The minimum absolute atomic E-state index is 0.678. The van der Waals surface area contributed by atoms with Crippen molar-refractivity contribution in [3.05, 3.63) is 176 Å². The third kappa shape index (κ3) is 5.45. The molecule has 9 aromatic rings. The summed E-state index contributed by atoms with van der Waals surface area (Å²) in [5, 5.41) is 2.22. The largest absolute Gasteiger partial charge is 0.455 e. The first kappa shape index (κ1) is 28.6. The van der Waals surface area contributed by atoms with Gasteiger partial charge in [-0.3, -0.25) is 4.98 Å². The molecule has 0 N–H and O–H groups in total. The van der Waals surface area contributed by atoms with Crippen molar-refractivity contribution in [3.63, 3.8) is 0 Å². The molecule has 0 atom stereocenters. The van der Waals surface area contributed by atoms with Crippen molar-refractivity contribution in [2.24, 2.45) is 0 Å². The average molecular weight is 628 g/mol. The molecule has 0 aliphatic rings. The Labute approximate surface area is 284 Å². The molecule has 3 heterocycles. The van der Waals surface area contributed by atoms with Crippen LogP contribution in [0.4, 0.5) is 0 Å². The summed E-state index contributed by atoms with van der Waals surface area (Å²) in [4.78, 5) is 14.4. The molecule has 0 fully saturated rings. The lowest BCUT2D eigenvalue weighted by molar-refractivity contribution is 0.670. The van der Waals surface area contributed by atoms with Crippen molar-refractivity contribution in [2.75, 3.05) is 0 Å². The molecule has 0 amide bonds. The fourth-order valence-electron chi connectivity index (χ4n) is 6.54. The predicted octanol–water partition coefficient (Wildman–Crippen LogP) is 11.8. The first-order valence-electron chi connectivity index (χ1n) is 16.3. The third-order valence-corrected chi connectivity index (χ3v) is 9.00. The van der Waals surface area contributed by atoms with Gasteiger partial charge >= 0.3 is 0 Å². The summed E-state index contributed by atoms with van der Waals surface area (Å²) >= 11 is 0. The number of hydrogen-bond acceptors (Lipinski definition) is 4. The van der Waals surface area contributed by atoms with E-state index >= 15 is 0 Å². The van der Waals surface area contributed by atoms with Gasteiger partial charge in [0.1, 0.15) is 11.2 Å². The highest BCUT2D eigenvalue weighted by molar-refractivity contribution is 6.09. The van der Waals surface area contributed by atoms with E-state index < -0.39 is 0 Å². The molecule has 0 aliphatic carbocycles. The summed E-state index contributed by atoms with van der Waals surface area (Å²) in [6, 6.07) is 56.7. The smallest absolute Gasteiger partial charge is 0.160 e. The Morgan fingerprint density at radius 2 is 0.939 bits per heavy atom. The van der Waals surface area contributed by atoms with Gasteiger partial charge in [0, 0.05) is 45.4 Å². The molecule has 9 rings (SSSR count). The average Bonchev–Trinajstić information content (AvgIpc) is 3.58. The van der Waals surface area contributed by atoms with Gasteiger partial charge in [0.05, 0.1) is 11.4 Å². The quantitative estimate of drug-likeness (QED) is 0.184. The Hall–Kier alpha value is -6.65. The highest BCUT2D eigenvalue weighted by Gasteiger charge is 2.17. The number of pyridine rings is 1. The van der Waals surface area contributed by atoms with E-state index in [2.05, 4.69) is 120 Å². The maximum atomic E-state index is 6.50. The van der Waals surface area contributed by atoms with E-state index in [4.69, 9.17) is 14.4 Å². The van der Waals surface area contributed by atoms with Crippen LogP contribution in [0.1, 0.15) is 0 Å². The Morgan fingerprint density at radius 3 is 1.71 bits per heavy atom. The SMILES string of the molecule is c1ccc(-c2cc(-c3cc(-c4ccc(-c5ccncc5)cc4)nc(-c4ccccc4)n3)cc(-c3cccc4c3oc3ccccc34)c2)cc1. The summed E-state index contributed by atoms with van der Waals surface area (Å²) < 4.78 is 6.50. The fourth-order valence-corrected chi connectivity index (χ4v) is 6.54. The molecule has 3 aromatic heterocycles.